The molecule has 0 aromatic carbocycles. The van der Waals surface area contributed by atoms with Gasteiger partial charge < -0.3 is 19.8 Å². The zero-order valence-electron chi connectivity index (χ0n) is 11.3. The Hall–Kier alpha value is -1.49. The summed E-state index contributed by atoms with van der Waals surface area (Å²) in [4.78, 5) is 11.9. The number of carbonyl (C=O) groups excluding carboxylic acids is 1. The van der Waals surface area contributed by atoms with Crippen molar-refractivity contribution in [1.29, 1.82) is 0 Å². The standard InChI is InChI=1S/C13H22N2O3/c1-10(2)15-9-11(14)8-12(15)13(16)18-7-5-4-6-17-3/h8-10H,4-7,14H2,1-3H3. The minimum atomic E-state index is -0.321. The van der Waals surface area contributed by atoms with Gasteiger partial charge in [0.1, 0.15) is 5.69 Å². The maximum Gasteiger partial charge on any atom is 0.355 e. The average molecular weight is 254 g/mol. The van der Waals surface area contributed by atoms with Gasteiger partial charge in [0.2, 0.25) is 0 Å². The summed E-state index contributed by atoms with van der Waals surface area (Å²) in [5.74, 6) is -0.321. The number of aromatic nitrogens is 1. The van der Waals surface area contributed by atoms with Crippen molar-refractivity contribution in [2.75, 3.05) is 26.1 Å². The summed E-state index contributed by atoms with van der Waals surface area (Å²) in [6.45, 7) is 5.09. The van der Waals surface area contributed by atoms with Gasteiger partial charge in [0, 0.05) is 26.0 Å². The fourth-order valence-corrected chi connectivity index (χ4v) is 1.68. The lowest BCUT2D eigenvalue weighted by atomic mass is 10.3. The van der Waals surface area contributed by atoms with E-state index in [1.54, 1.807) is 19.4 Å². The first-order chi connectivity index (χ1) is 8.56. The van der Waals surface area contributed by atoms with E-state index in [0.717, 1.165) is 12.8 Å². The Labute approximate surface area is 108 Å². The van der Waals surface area contributed by atoms with Crippen molar-refractivity contribution >= 4 is 11.7 Å². The molecule has 1 aromatic heterocycles. The Bertz CT molecular complexity index is 386. The highest BCUT2D eigenvalue weighted by atomic mass is 16.5. The summed E-state index contributed by atoms with van der Waals surface area (Å²) in [5.41, 5.74) is 6.79. The molecule has 0 atom stereocenters. The number of nitrogens with zero attached hydrogens (tertiary/aromatic N) is 1. The van der Waals surface area contributed by atoms with Gasteiger partial charge in [-0.3, -0.25) is 0 Å². The lowest BCUT2D eigenvalue weighted by Crippen LogP contribution is -2.14. The van der Waals surface area contributed by atoms with Crippen molar-refractivity contribution in [1.82, 2.24) is 4.57 Å². The number of nitrogens with two attached hydrogens (primary N) is 1. The minimum absolute atomic E-state index is 0.179. The average Bonchev–Trinajstić information content (AvgIpc) is 2.71. The van der Waals surface area contributed by atoms with Gasteiger partial charge in [0.15, 0.2) is 0 Å². The van der Waals surface area contributed by atoms with Crippen molar-refractivity contribution in [2.45, 2.75) is 32.7 Å². The number of unbranched alkanes of at least 4 members (excludes halogenated alkanes) is 1. The maximum absolute atomic E-state index is 11.9. The SMILES string of the molecule is COCCCCOC(=O)c1cc(N)cn1C(C)C. The quantitative estimate of drug-likeness (QED) is 0.598. The van der Waals surface area contributed by atoms with E-state index < -0.39 is 0 Å². The molecule has 5 nitrogen and oxygen atoms in total. The van der Waals surface area contributed by atoms with Crippen molar-refractivity contribution in [3.63, 3.8) is 0 Å². The first-order valence-electron chi connectivity index (χ1n) is 6.19. The second-order valence-electron chi connectivity index (χ2n) is 4.50. The molecule has 0 aliphatic heterocycles. The topological polar surface area (TPSA) is 66.5 Å². The van der Waals surface area contributed by atoms with E-state index in [2.05, 4.69) is 0 Å². The Morgan fingerprint density at radius 2 is 2.06 bits per heavy atom. The minimum Gasteiger partial charge on any atom is -0.461 e. The molecule has 2 N–H and O–H groups in total. The van der Waals surface area contributed by atoms with Gasteiger partial charge in [0.05, 0.1) is 12.3 Å². The maximum atomic E-state index is 11.9. The molecule has 5 heteroatoms. The van der Waals surface area contributed by atoms with E-state index in [0.29, 0.717) is 24.6 Å². The van der Waals surface area contributed by atoms with Crippen LogP contribution in [0.5, 0.6) is 0 Å². The summed E-state index contributed by atoms with van der Waals surface area (Å²) in [7, 11) is 1.66. The van der Waals surface area contributed by atoms with Gasteiger partial charge >= 0.3 is 5.97 Å². The molecule has 18 heavy (non-hydrogen) atoms. The zero-order valence-corrected chi connectivity index (χ0v) is 11.3. The number of hydrogen-bond donors (Lipinski definition) is 1. The zero-order chi connectivity index (χ0) is 13.5. The Balaban J connectivity index is 2.51. The normalized spacial score (nSPS) is 10.9. The number of rotatable bonds is 7. The Morgan fingerprint density at radius 3 is 2.67 bits per heavy atom. The first-order valence-corrected chi connectivity index (χ1v) is 6.19. The number of carbonyl (C=O) groups is 1. The molecule has 1 rings (SSSR count). The smallest absolute Gasteiger partial charge is 0.355 e. The Morgan fingerprint density at radius 1 is 1.39 bits per heavy atom. The molecule has 0 spiro atoms. The summed E-state index contributed by atoms with van der Waals surface area (Å²) < 4.78 is 12.0. The predicted octanol–water partition coefficient (Wildman–Crippen LogP) is 2.23. The van der Waals surface area contributed by atoms with Gasteiger partial charge in [-0.25, -0.2) is 4.79 Å². The van der Waals surface area contributed by atoms with E-state index in [-0.39, 0.29) is 12.0 Å². The van der Waals surface area contributed by atoms with Gasteiger partial charge in [-0.05, 0) is 32.8 Å². The molecule has 1 aromatic rings. The lowest BCUT2D eigenvalue weighted by molar-refractivity contribution is 0.0475. The van der Waals surface area contributed by atoms with Crippen molar-refractivity contribution in [3.05, 3.63) is 18.0 Å². The van der Waals surface area contributed by atoms with E-state index in [1.165, 1.54) is 0 Å². The molecule has 0 saturated heterocycles. The van der Waals surface area contributed by atoms with Crippen molar-refractivity contribution in [3.8, 4) is 0 Å². The summed E-state index contributed by atoms with van der Waals surface area (Å²) in [6, 6.07) is 1.83. The molecule has 0 amide bonds. The monoisotopic (exact) mass is 254 g/mol. The van der Waals surface area contributed by atoms with Crippen LogP contribution in [0, 0.1) is 0 Å². The van der Waals surface area contributed by atoms with Gasteiger partial charge in [-0.1, -0.05) is 0 Å². The molecule has 0 fully saturated rings. The van der Waals surface area contributed by atoms with Crippen LogP contribution < -0.4 is 5.73 Å². The van der Waals surface area contributed by atoms with Gasteiger partial charge in [-0.2, -0.15) is 0 Å². The van der Waals surface area contributed by atoms with Crippen molar-refractivity contribution in [2.24, 2.45) is 0 Å². The number of methoxy groups -OCH3 is 1. The number of esters is 1. The van der Waals surface area contributed by atoms with Crippen LogP contribution in [0.1, 0.15) is 43.2 Å². The van der Waals surface area contributed by atoms with Gasteiger partial charge in [-0.15, -0.1) is 0 Å². The summed E-state index contributed by atoms with van der Waals surface area (Å²) in [5, 5.41) is 0. The van der Waals surface area contributed by atoms with Crippen LogP contribution in [0.25, 0.3) is 0 Å². The summed E-state index contributed by atoms with van der Waals surface area (Å²) >= 11 is 0. The number of ether oxygens (including phenoxy) is 2. The third-order valence-corrected chi connectivity index (χ3v) is 2.61. The highest BCUT2D eigenvalue weighted by Crippen LogP contribution is 2.17. The summed E-state index contributed by atoms with van der Waals surface area (Å²) in [6.07, 6.45) is 3.45. The largest absolute Gasteiger partial charge is 0.461 e. The molecule has 0 aliphatic carbocycles. The van der Waals surface area contributed by atoms with Gasteiger partial charge in [0.25, 0.3) is 0 Å². The number of nitrogen functional groups attached to an aromatic ring is 1. The van der Waals surface area contributed by atoms with Crippen molar-refractivity contribution < 1.29 is 14.3 Å². The molecule has 0 aliphatic rings. The fourth-order valence-electron chi connectivity index (χ4n) is 1.68. The molecule has 0 radical (unpaired) electrons. The molecule has 1 heterocycles. The highest BCUT2D eigenvalue weighted by Gasteiger charge is 2.15. The molecule has 0 unspecified atom stereocenters. The second-order valence-corrected chi connectivity index (χ2v) is 4.50. The molecular formula is C13H22N2O3. The van der Waals surface area contributed by atoms with Crippen LogP contribution in [0.2, 0.25) is 0 Å². The molecule has 102 valence electrons. The fraction of sp³-hybridized carbons (Fsp3) is 0.615. The number of hydrogen-bond acceptors (Lipinski definition) is 4. The lowest BCUT2D eigenvalue weighted by Gasteiger charge is -2.12. The Kier molecular flexibility index (Phi) is 5.71. The molecular weight excluding hydrogens is 232 g/mol. The van der Waals surface area contributed by atoms with Crippen LogP contribution in [0.3, 0.4) is 0 Å². The van der Waals surface area contributed by atoms with E-state index in [9.17, 15) is 4.79 Å². The van der Waals surface area contributed by atoms with Crippen LogP contribution in [-0.2, 0) is 9.47 Å². The second kappa shape index (κ2) is 7.06. The molecule has 0 bridgehead atoms. The molecule has 0 saturated carbocycles. The third kappa shape index (κ3) is 4.07. The third-order valence-electron chi connectivity index (χ3n) is 2.61. The van der Waals surface area contributed by atoms with Crippen LogP contribution >= 0.6 is 0 Å². The number of anilines is 1. The van der Waals surface area contributed by atoms with E-state index in [1.807, 2.05) is 18.4 Å². The van der Waals surface area contributed by atoms with Crippen LogP contribution in [0.15, 0.2) is 12.3 Å². The first kappa shape index (κ1) is 14.6. The van der Waals surface area contributed by atoms with E-state index in [4.69, 9.17) is 15.2 Å². The van der Waals surface area contributed by atoms with E-state index >= 15 is 0 Å². The highest BCUT2D eigenvalue weighted by molar-refractivity contribution is 5.89. The van der Waals surface area contributed by atoms with Crippen LogP contribution in [0.4, 0.5) is 5.69 Å². The van der Waals surface area contributed by atoms with Crippen LogP contribution in [-0.4, -0.2) is 30.9 Å². The predicted molar refractivity (Wildman–Crippen MR) is 70.6 cm³/mol.